The van der Waals surface area contributed by atoms with Crippen LogP contribution in [0.5, 0.6) is 0 Å². The van der Waals surface area contributed by atoms with Crippen LogP contribution in [0.3, 0.4) is 0 Å². The third kappa shape index (κ3) is 4.01. The Morgan fingerprint density at radius 1 is 1.00 bits per heavy atom. The SMILES string of the molecule is CCc1ccc(-c2cc(NC(=O)c3ccc(-c4ccccc4)[nH]c3=O)on2)cc1. The van der Waals surface area contributed by atoms with Crippen molar-refractivity contribution in [3.63, 3.8) is 0 Å². The Bertz CT molecular complexity index is 1190. The molecule has 0 atom stereocenters. The number of rotatable bonds is 5. The lowest BCUT2D eigenvalue weighted by Crippen LogP contribution is -2.23. The molecule has 6 heteroatoms. The highest BCUT2D eigenvalue weighted by Gasteiger charge is 2.15. The van der Waals surface area contributed by atoms with Gasteiger partial charge in [0.05, 0.1) is 0 Å². The first-order valence-corrected chi connectivity index (χ1v) is 9.30. The van der Waals surface area contributed by atoms with Gasteiger partial charge in [-0.3, -0.25) is 14.9 Å². The summed E-state index contributed by atoms with van der Waals surface area (Å²) < 4.78 is 5.21. The van der Waals surface area contributed by atoms with Gasteiger partial charge in [0, 0.05) is 17.3 Å². The smallest absolute Gasteiger partial charge is 0.263 e. The monoisotopic (exact) mass is 385 g/mol. The van der Waals surface area contributed by atoms with Crippen LogP contribution in [0.2, 0.25) is 0 Å². The summed E-state index contributed by atoms with van der Waals surface area (Å²) in [5.74, 6) is -0.383. The summed E-state index contributed by atoms with van der Waals surface area (Å²) in [5.41, 5.74) is 3.75. The molecule has 0 spiro atoms. The molecule has 0 aliphatic heterocycles. The highest BCUT2D eigenvalue weighted by Crippen LogP contribution is 2.22. The lowest BCUT2D eigenvalue weighted by atomic mass is 10.1. The van der Waals surface area contributed by atoms with Gasteiger partial charge in [-0.1, -0.05) is 66.7 Å². The minimum absolute atomic E-state index is 0.00469. The van der Waals surface area contributed by atoms with Crippen LogP contribution in [0.15, 0.2) is 82.1 Å². The molecule has 0 saturated carbocycles. The Balaban J connectivity index is 1.51. The van der Waals surface area contributed by atoms with E-state index >= 15 is 0 Å². The van der Waals surface area contributed by atoms with Crippen molar-refractivity contribution < 1.29 is 9.32 Å². The van der Waals surface area contributed by atoms with Crippen LogP contribution < -0.4 is 10.9 Å². The van der Waals surface area contributed by atoms with E-state index in [1.807, 2.05) is 54.6 Å². The molecule has 2 aromatic heterocycles. The molecular weight excluding hydrogens is 366 g/mol. The second kappa shape index (κ2) is 7.98. The van der Waals surface area contributed by atoms with Crippen molar-refractivity contribution in [2.75, 3.05) is 5.32 Å². The van der Waals surface area contributed by atoms with Gasteiger partial charge in [0.2, 0.25) is 5.88 Å². The maximum Gasteiger partial charge on any atom is 0.263 e. The van der Waals surface area contributed by atoms with Crippen LogP contribution in [0.25, 0.3) is 22.5 Å². The van der Waals surface area contributed by atoms with E-state index in [0.29, 0.717) is 11.4 Å². The van der Waals surface area contributed by atoms with E-state index in [0.717, 1.165) is 17.5 Å². The van der Waals surface area contributed by atoms with Crippen LogP contribution in [0.1, 0.15) is 22.8 Å². The second-order valence-corrected chi connectivity index (χ2v) is 6.56. The van der Waals surface area contributed by atoms with Crippen molar-refractivity contribution in [3.05, 3.63) is 94.3 Å². The number of aromatic amines is 1. The number of hydrogen-bond acceptors (Lipinski definition) is 4. The van der Waals surface area contributed by atoms with Crippen LogP contribution in [0.4, 0.5) is 5.88 Å². The van der Waals surface area contributed by atoms with E-state index in [1.54, 1.807) is 12.1 Å². The molecule has 6 nitrogen and oxygen atoms in total. The number of nitrogens with one attached hydrogen (secondary N) is 2. The van der Waals surface area contributed by atoms with Crippen molar-refractivity contribution in [1.29, 1.82) is 0 Å². The molecule has 0 radical (unpaired) electrons. The molecule has 2 N–H and O–H groups in total. The van der Waals surface area contributed by atoms with Crippen LogP contribution in [-0.4, -0.2) is 16.0 Å². The van der Waals surface area contributed by atoms with Crippen molar-refractivity contribution in [2.24, 2.45) is 0 Å². The molecule has 0 unspecified atom stereocenters. The first-order chi connectivity index (χ1) is 14.1. The van der Waals surface area contributed by atoms with Gasteiger partial charge in [-0.15, -0.1) is 0 Å². The van der Waals surface area contributed by atoms with E-state index in [-0.39, 0.29) is 11.4 Å². The van der Waals surface area contributed by atoms with Crippen LogP contribution in [0, 0.1) is 0 Å². The third-order valence-corrected chi connectivity index (χ3v) is 4.64. The van der Waals surface area contributed by atoms with Gasteiger partial charge in [0.25, 0.3) is 11.5 Å². The molecule has 2 heterocycles. The van der Waals surface area contributed by atoms with Gasteiger partial charge < -0.3 is 9.51 Å². The predicted molar refractivity (Wildman–Crippen MR) is 112 cm³/mol. The number of H-pyrrole nitrogens is 1. The fourth-order valence-corrected chi connectivity index (χ4v) is 3.00. The minimum atomic E-state index is -0.560. The standard InChI is InChI=1S/C23H19N3O3/c1-2-15-8-10-17(11-9-15)20-14-21(29-26-20)25-23(28)18-12-13-19(24-22(18)27)16-6-4-3-5-7-16/h3-14H,2H2,1H3,(H,24,27)(H,25,28). The summed E-state index contributed by atoms with van der Waals surface area (Å²) in [7, 11) is 0. The molecular formula is C23H19N3O3. The predicted octanol–water partition coefficient (Wildman–Crippen LogP) is 4.51. The minimum Gasteiger partial charge on any atom is -0.338 e. The number of carbonyl (C=O) groups is 1. The summed E-state index contributed by atoms with van der Waals surface area (Å²) in [6, 6.07) is 22.2. The molecule has 0 fully saturated rings. The largest absolute Gasteiger partial charge is 0.338 e. The topological polar surface area (TPSA) is 88.0 Å². The van der Waals surface area contributed by atoms with E-state index in [4.69, 9.17) is 4.52 Å². The van der Waals surface area contributed by atoms with Crippen LogP contribution >= 0.6 is 0 Å². The molecule has 0 aliphatic carbocycles. The average Bonchev–Trinajstić information content (AvgIpc) is 3.22. The number of amides is 1. The number of carbonyl (C=O) groups excluding carboxylic acids is 1. The first-order valence-electron chi connectivity index (χ1n) is 9.30. The van der Waals surface area contributed by atoms with Gasteiger partial charge in [0.1, 0.15) is 11.3 Å². The van der Waals surface area contributed by atoms with Gasteiger partial charge >= 0.3 is 0 Å². The number of aromatic nitrogens is 2. The molecule has 1 amide bonds. The molecule has 0 saturated heterocycles. The van der Waals surface area contributed by atoms with Crippen molar-refractivity contribution in [3.8, 4) is 22.5 Å². The Kier molecular flexibility index (Phi) is 5.07. The Morgan fingerprint density at radius 2 is 1.76 bits per heavy atom. The maximum atomic E-state index is 12.5. The average molecular weight is 385 g/mol. The molecule has 29 heavy (non-hydrogen) atoms. The van der Waals surface area contributed by atoms with E-state index in [1.165, 1.54) is 11.6 Å². The Labute approximate surface area is 167 Å². The summed E-state index contributed by atoms with van der Waals surface area (Å²) in [6.45, 7) is 2.09. The Morgan fingerprint density at radius 3 is 2.45 bits per heavy atom. The second-order valence-electron chi connectivity index (χ2n) is 6.56. The number of anilines is 1. The van der Waals surface area contributed by atoms with Crippen molar-refractivity contribution >= 4 is 11.8 Å². The van der Waals surface area contributed by atoms with Gasteiger partial charge in [-0.05, 0) is 29.7 Å². The molecule has 2 aromatic carbocycles. The molecule has 0 aliphatic rings. The zero-order valence-electron chi connectivity index (χ0n) is 15.8. The van der Waals surface area contributed by atoms with Crippen LogP contribution in [-0.2, 0) is 6.42 Å². The van der Waals surface area contributed by atoms with Gasteiger partial charge in [0.15, 0.2) is 0 Å². The summed E-state index contributed by atoms with van der Waals surface area (Å²) in [5, 5.41) is 6.57. The third-order valence-electron chi connectivity index (χ3n) is 4.64. The normalized spacial score (nSPS) is 10.7. The van der Waals surface area contributed by atoms with Gasteiger partial charge in [-0.2, -0.15) is 0 Å². The fraction of sp³-hybridized carbons (Fsp3) is 0.0870. The van der Waals surface area contributed by atoms with Crippen molar-refractivity contribution in [2.45, 2.75) is 13.3 Å². The maximum absolute atomic E-state index is 12.5. The Hall–Kier alpha value is -3.93. The molecule has 0 bridgehead atoms. The lowest BCUT2D eigenvalue weighted by molar-refractivity contribution is 0.102. The molecule has 144 valence electrons. The van der Waals surface area contributed by atoms with Gasteiger partial charge in [-0.25, -0.2) is 0 Å². The van der Waals surface area contributed by atoms with E-state index < -0.39 is 11.5 Å². The van der Waals surface area contributed by atoms with Crippen molar-refractivity contribution in [1.82, 2.24) is 10.1 Å². The molecule has 4 aromatic rings. The van der Waals surface area contributed by atoms with E-state index in [2.05, 4.69) is 22.4 Å². The summed E-state index contributed by atoms with van der Waals surface area (Å²) in [6.07, 6.45) is 0.956. The number of benzene rings is 2. The highest BCUT2D eigenvalue weighted by atomic mass is 16.5. The fourth-order valence-electron chi connectivity index (χ4n) is 3.00. The summed E-state index contributed by atoms with van der Waals surface area (Å²) in [4.78, 5) is 27.6. The number of pyridine rings is 1. The highest BCUT2D eigenvalue weighted by molar-refractivity contribution is 6.03. The number of hydrogen-bond donors (Lipinski definition) is 2. The zero-order valence-corrected chi connectivity index (χ0v) is 15.8. The summed E-state index contributed by atoms with van der Waals surface area (Å²) >= 11 is 0. The first kappa shape index (κ1) is 18.4. The van der Waals surface area contributed by atoms with E-state index in [9.17, 15) is 9.59 Å². The lowest BCUT2D eigenvalue weighted by Gasteiger charge is -2.04. The molecule has 4 rings (SSSR count). The number of aryl methyl sites for hydroxylation is 1. The quantitative estimate of drug-likeness (QED) is 0.529. The zero-order chi connectivity index (χ0) is 20.2. The number of nitrogens with zero attached hydrogens (tertiary/aromatic N) is 1.